The predicted molar refractivity (Wildman–Crippen MR) is 61.5 cm³/mol. The first-order valence-corrected chi connectivity index (χ1v) is 6.33. The highest BCUT2D eigenvalue weighted by Gasteiger charge is 2.09. The van der Waals surface area contributed by atoms with Gasteiger partial charge in [0.05, 0.1) is 5.33 Å². The van der Waals surface area contributed by atoms with Gasteiger partial charge < -0.3 is 0 Å². The molecule has 76 valence electrons. The lowest BCUT2D eigenvalue weighted by atomic mass is 10.0. The number of ketones is 1. The van der Waals surface area contributed by atoms with Gasteiger partial charge in [0.1, 0.15) is 11.6 Å². The summed E-state index contributed by atoms with van der Waals surface area (Å²) in [6, 6.07) is 4.80. The quantitative estimate of drug-likeness (QED) is 0.777. The molecule has 0 aliphatic rings. The summed E-state index contributed by atoms with van der Waals surface area (Å²) in [7, 11) is 0. The van der Waals surface area contributed by atoms with Crippen molar-refractivity contribution in [3.63, 3.8) is 0 Å². The topological polar surface area (TPSA) is 17.1 Å². The molecule has 0 fully saturated rings. The molecule has 0 heterocycles. The molecule has 0 amide bonds. The number of rotatable bonds is 4. The molecule has 0 N–H and O–H groups in total. The molecule has 0 unspecified atom stereocenters. The summed E-state index contributed by atoms with van der Waals surface area (Å²) in [6.07, 6.45) is 0.282. The lowest BCUT2D eigenvalue weighted by Crippen LogP contribution is -2.06. The van der Waals surface area contributed by atoms with Crippen LogP contribution in [0.3, 0.4) is 0 Å². The maximum atomic E-state index is 13.3. The Balaban J connectivity index is 2.96. The average Bonchev–Trinajstić information content (AvgIpc) is 2.18. The number of hydrogen-bond acceptors (Lipinski definition) is 1. The van der Waals surface area contributed by atoms with Gasteiger partial charge in [-0.3, -0.25) is 4.79 Å². The number of carbonyl (C=O) groups is 1. The number of hydrogen-bond donors (Lipinski definition) is 0. The molecular formula is C10H9Br2FO. The second-order valence-corrected chi connectivity index (χ2v) is 3.98. The normalized spacial score (nSPS) is 10.2. The Morgan fingerprint density at radius 1 is 1.36 bits per heavy atom. The average molecular weight is 324 g/mol. The van der Waals surface area contributed by atoms with Gasteiger partial charge in [0.15, 0.2) is 0 Å². The van der Waals surface area contributed by atoms with Crippen molar-refractivity contribution in [1.82, 2.24) is 0 Å². The first-order chi connectivity index (χ1) is 6.69. The highest BCUT2D eigenvalue weighted by atomic mass is 79.9. The van der Waals surface area contributed by atoms with Crippen molar-refractivity contribution in [1.29, 1.82) is 0 Å². The van der Waals surface area contributed by atoms with Gasteiger partial charge in [0.25, 0.3) is 0 Å². The summed E-state index contributed by atoms with van der Waals surface area (Å²) < 4.78 is 13.3. The van der Waals surface area contributed by atoms with Gasteiger partial charge >= 0.3 is 0 Å². The summed E-state index contributed by atoms with van der Waals surface area (Å²) >= 11 is 6.29. The second-order valence-electron chi connectivity index (χ2n) is 2.86. The van der Waals surface area contributed by atoms with Gasteiger partial charge in [-0.25, -0.2) is 4.39 Å². The molecule has 0 aromatic heterocycles. The van der Waals surface area contributed by atoms with Gasteiger partial charge in [-0.15, -0.1) is 0 Å². The number of halogens is 3. The molecule has 0 radical (unpaired) electrons. The zero-order chi connectivity index (χ0) is 10.6. The molecule has 1 nitrogen and oxygen atoms in total. The van der Waals surface area contributed by atoms with Crippen LogP contribution >= 0.6 is 31.9 Å². The van der Waals surface area contributed by atoms with Crippen molar-refractivity contribution in [2.24, 2.45) is 0 Å². The van der Waals surface area contributed by atoms with Crippen LogP contribution in [0.4, 0.5) is 4.39 Å². The summed E-state index contributed by atoms with van der Waals surface area (Å²) in [4.78, 5) is 11.2. The van der Waals surface area contributed by atoms with Crippen molar-refractivity contribution >= 4 is 37.6 Å². The minimum atomic E-state index is -0.262. The molecule has 0 spiro atoms. The van der Waals surface area contributed by atoms with Crippen LogP contribution in [0.25, 0.3) is 0 Å². The first-order valence-electron chi connectivity index (χ1n) is 4.09. The van der Waals surface area contributed by atoms with Crippen molar-refractivity contribution < 1.29 is 9.18 Å². The van der Waals surface area contributed by atoms with Crippen LogP contribution in [0.1, 0.15) is 11.1 Å². The third kappa shape index (κ3) is 2.89. The third-order valence-corrected chi connectivity index (χ3v) is 3.07. The first kappa shape index (κ1) is 11.9. The maximum absolute atomic E-state index is 13.3. The zero-order valence-electron chi connectivity index (χ0n) is 7.40. The van der Waals surface area contributed by atoms with Gasteiger partial charge in [-0.1, -0.05) is 44.0 Å². The Kier molecular flexibility index (Phi) is 4.75. The standard InChI is InChI=1S/C10H9Br2FO/c11-5-8(14)4-7-2-1-3-10(13)9(7)6-12/h1-3H,4-6H2. The smallest absolute Gasteiger partial charge is 0.147 e. The Labute approximate surface area is 99.0 Å². The monoisotopic (exact) mass is 322 g/mol. The summed E-state index contributed by atoms with van der Waals surface area (Å²) in [5.41, 5.74) is 1.33. The molecule has 1 rings (SSSR count). The van der Waals surface area contributed by atoms with E-state index in [1.807, 2.05) is 0 Å². The molecule has 0 bridgehead atoms. The van der Waals surface area contributed by atoms with Crippen LogP contribution in [0.15, 0.2) is 18.2 Å². The molecule has 0 atom stereocenters. The number of Topliss-reactive ketones (excluding diaryl/α,β-unsaturated/α-hetero) is 1. The highest BCUT2D eigenvalue weighted by molar-refractivity contribution is 9.09. The van der Waals surface area contributed by atoms with E-state index in [9.17, 15) is 9.18 Å². The van der Waals surface area contributed by atoms with Gasteiger partial charge in [0.2, 0.25) is 0 Å². The van der Waals surface area contributed by atoms with Crippen LogP contribution < -0.4 is 0 Å². The van der Waals surface area contributed by atoms with E-state index in [2.05, 4.69) is 31.9 Å². The Morgan fingerprint density at radius 2 is 2.07 bits per heavy atom. The molecule has 1 aromatic carbocycles. The Hall–Kier alpha value is -0.220. The van der Waals surface area contributed by atoms with E-state index in [0.717, 1.165) is 5.56 Å². The van der Waals surface area contributed by atoms with Crippen molar-refractivity contribution in [3.05, 3.63) is 35.1 Å². The van der Waals surface area contributed by atoms with E-state index in [-0.39, 0.29) is 18.0 Å². The largest absolute Gasteiger partial charge is 0.298 e. The fourth-order valence-corrected chi connectivity index (χ4v) is 2.00. The molecule has 4 heteroatoms. The predicted octanol–water partition coefficient (Wildman–Crippen LogP) is 3.23. The fourth-order valence-electron chi connectivity index (χ4n) is 1.18. The molecule has 1 aromatic rings. The van der Waals surface area contributed by atoms with Crippen molar-refractivity contribution in [2.45, 2.75) is 11.8 Å². The van der Waals surface area contributed by atoms with E-state index in [1.54, 1.807) is 12.1 Å². The van der Waals surface area contributed by atoms with Crippen molar-refractivity contribution in [3.8, 4) is 0 Å². The molecule has 0 aliphatic carbocycles. The molecule has 0 saturated heterocycles. The van der Waals surface area contributed by atoms with E-state index in [0.29, 0.717) is 16.2 Å². The van der Waals surface area contributed by atoms with E-state index >= 15 is 0 Å². The lowest BCUT2D eigenvalue weighted by molar-refractivity contribution is -0.115. The minimum Gasteiger partial charge on any atom is -0.298 e. The number of alkyl halides is 2. The fraction of sp³-hybridized carbons (Fsp3) is 0.300. The highest BCUT2D eigenvalue weighted by Crippen LogP contribution is 2.17. The van der Waals surface area contributed by atoms with Gasteiger partial charge in [-0.2, -0.15) is 0 Å². The van der Waals surface area contributed by atoms with Gasteiger partial charge in [0, 0.05) is 17.3 Å². The maximum Gasteiger partial charge on any atom is 0.147 e. The second kappa shape index (κ2) is 5.61. The van der Waals surface area contributed by atoms with Crippen LogP contribution in [0.2, 0.25) is 0 Å². The zero-order valence-corrected chi connectivity index (χ0v) is 10.6. The van der Waals surface area contributed by atoms with Gasteiger partial charge in [-0.05, 0) is 11.6 Å². The van der Waals surface area contributed by atoms with Crippen LogP contribution in [0, 0.1) is 5.82 Å². The minimum absolute atomic E-state index is 0.0535. The summed E-state index contributed by atoms with van der Waals surface area (Å²) in [5.74, 6) is -0.209. The summed E-state index contributed by atoms with van der Waals surface area (Å²) in [5, 5.41) is 0.746. The molecular weight excluding hydrogens is 315 g/mol. The summed E-state index contributed by atoms with van der Waals surface area (Å²) in [6.45, 7) is 0. The van der Waals surface area contributed by atoms with E-state index in [1.165, 1.54) is 6.07 Å². The lowest BCUT2D eigenvalue weighted by Gasteiger charge is -2.06. The van der Waals surface area contributed by atoms with Crippen LogP contribution in [-0.4, -0.2) is 11.1 Å². The van der Waals surface area contributed by atoms with Crippen molar-refractivity contribution in [2.75, 3.05) is 5.33 Å². The van der Waals surface area contributed by atoms with E-state index < -0.39 is 0 Å². The molecule has 14 heavy (non-hydrogen) atoms. The van der Waals surface area contributed by atoms with Crippen LogP contribution in [0.5, 0.6) is 0 Å². The Bertz CT molecular complexity index is 339. The third-order valence-electron chi connectivity index (χ3n) is 1.89. The SMILES string of the molecule is O=C(CBr)Cc1cccc(F)c1CBr. The number of benzene rings is 1. The van der Waals surface area contributed by atoms with E-state index in [4.69, 9.17) is 0 Å². The Morgan fingerprint density at radius 3 is 2.64 bits per heavy atom. The molecule has 0 aliphatic heterocycles. The van der Waals surface area contributed by atoms with Crippen LogP contribution in [-0.2, 0) is 16.5 Å². The molecule has 0 saturated carbocycles. The number of carbonyl (C=O) groups excluding carboxylic acids is 1.